The van der Waals surface area contributed by atoms with E-state index in [1.807, 2.05) is 0 Å². The molecule has 76 valence electrons. The summed E-state index contributed by atoms with van der Waals surface area (Å²) < 4.78 is 13.6. The Labute approximate surface area is 94.4 Å². The van der Waals surface area contributed by atoms with Gasteiger partial charge in [0.15, 0.2) is 0 Å². The predicted octanol–water partition coefficient (Wildman–Crippen LogP) is 2.66. The lowest BCUT2D eigenvalue weighted by molar-refractivity contribution is -0.117. The first-order valence-electron chi connectivity index (χ1n) is 3.82. The van der Waals surface area contributed by atoms with E-state index in [0.717, 1.165) is 0 Å². The van der Waals surface area contributed by atoms with Gasteiger partial charge >= 0.3 is 0 Å². The van der Waals surface area contributed by atoms with Crippen molar-refractivity contribution in [2.75, 3.05) is 0 Å². The number of carbonyl (C=O) groups excluding carboxylic acids is 1. The van der Waals surface area contributed by atoms with E-state index in [9.17, 15) is 9.18 Å². The second kappa shape index (κ2) is 4.28. The van der Waals surface area contributed by atoms with Gasteiger partial charge in [0.05, 0.1) is 4.47 Å². The third kappa shape index (κ3) is 2.25. The maximum Gasteiger partial charge on any atom is 0.240 e. The maximum atomic E-state index is 13.2. The molecule has 0 fully saturated rings. The number of amides is 1. The van der Waals surface area contributed by atoms with Crippen LogP contribution in [0, 0.1) is 12.7 Å². The molecule has 0 radical (unpaired) electrons. The smallest absolute Gasteiger partial charge is 0.240 e. The molecule has 1 rings (SSSR count). The van der Waals surface area contributed by atoms with Crippen molar-refractivity contribution in [1.29, 1.82) is 0 Å². The molecule has 1 unspecified atom stereocenters. The molecular weight excluding hydrogens is 272 g/mol. The fraction of sp³-hybridized carbons (Fsp3) is 0.222. The summed E-state index contributed by atoms with van der Waals surface area (Å²) in [5.74, 6) is -1.14. The highest BCUT2D eigenvalue weighted by atomic mass is 79.9. The zero-order valence-electron chi connectivity index (χ0n) is 7.35. The van der Waals surface area contributed by atoms with Crippen LogP contribution in [0.15, 0.2) is 16.6 Å². The molecule has 2 nitrogen and oxygen atoms in total. The molecule has 0 aromatic heterocycles. The van der Waals surface area contributed by atoms with E-state index in [1.54, 1.807) is 13.0 Å². The van der Waals surface area contributed by atoms with Crippen molar-refractivity contribution >= 4 is 33.4 Å². The summed E-state index contributed by atoms with van der Waals surface area (Å²) in [5, 5.41) is -0.990. The molecule has 1 aromatic carbocycles. The van der Waals surface area contributed by atoms with Gasteiger partial charge in [-0.15, -0.1) is 11.6 Å². The molecule has 0 aliphatic heterocycles. The highest BCUT2D eigenvalue weighted by Gasteiger charge is 2.16. The minimum Gasteiger partial charge on any atom is -0.368 e. The summed E-state index contributed by atoms with van der Waals surface area (Å²) >= 11 is 8.75. The van der Waals surface area contributed by atoms with Crippen LogP contribution in [0.3, 0.4) is 0 Å². The van der Waals surface area contributed by atoms with Crippen LogP contribution >= 0.6 is 27.5 Å². The molecule has 0 aliphatic rings. The molecule has 0 heterocycles. The maximum absolute atomic E-state index is 13.2. The number of primary amides is 1. The first-order valence-corrected chi connectivity index (χ1v) is 5.05. The van der Waals surface area contributed by atoms with E-state index in [4.69, 9.17) is 17.3 Å². The molecule has 1 atom stereocenters. The molecule has 1 amide bonds. The molecule has 0 aliphatic carbocycles. The van der Waals surface area contributed by atoms with Crippen molar-refractivity contribution in [1.82, 2.24) is 0 Å². The van der Waals surface area contributed by atoms with Gasteiger partial charge < -0.3 is 5.73 Å². The predicted molar refractivity (Wildman–Crippen MR) is 56.6 cm³/mol. The minimum atomic E-state index is -0.990. The van der Waals surface area contributed by atoms with Gasteiger partial charge in [-0.25, -0.2) is 4.39 Å². The minimum absolute atomic E-state index is 0.370. The normalized spacial score (nSPS) is 12.6. The zero-order valence-corrected chi connectivity index (χ0v) is 9.69. The van der Waals surface area contributed by atoms with Crippen LogP contribution in [0.4, 0.5) is 4.39 Å². The van der Waals surface area contributed by atoms with Crippen LogP contribution in [0.1, 0.15) is 16.5 Å². The van der Waals surface area contributed by atoms with Crippen LogP contribution in [0.25, 0.3) is 0 Å². The van der Waals surface area contributed by atoms with Gasteiger partial charge in [-0.2, -0.15) is 0 Å². The van der Waals surface area contributed by atoms with Crippen LogP contribution in [-0.4, -0.2) is 5.91 Å². The quantitative estimate of drug-likeness (QED) is 0.832. The van der Waals surface area contributed by atoms with Crippen molar-refractivity contribution in [2.24, 2.45) is 5.73 Å². The SMILES string of the molecule is Cc1cc(C(Cl)C(N)=O)cc(F)c1Br. The first-order chi connectivity index (χ1) is 6.43. The molecule has 5 heteroatoms. The fourth-order valence-electron chi connectivity index (χ4n) is 1.06. The van der Waals surface area contributed by atoms with Crippen molar-refractivity contribution in [3.8, 4) is 0 Å². The van der Waals surface area contributed by atoms with E-state index in [0.29, 0.717) is 15.6 Å². The summed E-state index contributed by atoms with van der Waals surface area (Å²) in [5.41, 5.74) is 6.05. The van der Waals surface area contributed by atoms with Gasteiger partial charge in [0.25, 0.3) is 0 Å². The highest BCUT2D eigenvalue weighted by molar-refractivity contribution is 9.10. The van der Waals surface area contributed by atoms with Crippen LogP contribution in [0.2, 0.25) is 0 Å². The first kappa shape index (κ1) is 11.5. The van der Waals surface area contributed by atoms with Gasteiger partial charge in [0, 0.05) is 0 Å². The topological polar surface area (TPSA) is 43.1 Å². The number of rotatable bonds is 2. The average Bonchev–Trinajstić information content (AvgIpc) is 2.12. The Balaban J connectivity index is 3.19. The van der Waals surface area contributed by atoms with E-state index < -0.39 is 17.1 Å². The van der Waals surface area contributed by atoms with E-state index in [-0.39, 0.29) is 0 Å². The Morgan fingerprint density at radius 2 is 2.21 bits per heavy atom. The Kier molecular flexibility index (Phi) is 3.50. The monoisotopic (exact) mass is 279 g/mol. The number of halogens is 3. The lowest BCUT2D eigenvalue weighted by Crippen LogP contribution is -2.17. The van der Waals surface area contributed by atoms with Crippen molar-refractivity contribution in [3.05, 3.63) is 33.5 Å². The third-order valence-corrected chi connectivity index (χ3v) is 3.25. The van der Waals surface area contributed by atoms with Crippen molar-refractivity contribution in [3.63, 3.8) is 0 Å². The van der Waals surface area contributed by atoms with Crippen LogP contribution in [0.5, 0.6) is 0 Å². The standard InChI is InChI=1S/C9H8BrClFNO/c1-4-2-5(8(11)9(13)14)3-6(12)7(4)10/h2-3,8H,1H3,(H2,13,14). The zero-order chi connectivity index (χ0) is 10.9. The highest BCUT2D eigenvalue weighted by Crippen LogP contribution is 2.27. The second-order valence-electron chi connectivity index (χ2n) is 2.90. The Morgan fingerprint density at radius 3 is 2.64 bits per heavy atom. The number of carbonyl (C=O) groups is 1. The average molecular weight is 281 g/mol. The summed E-state index contributed by atoms with van der Waals surface area (Å²) in [6, 6.07) is 2.81. The Hall–Kier alpha value is -0.610. The fourth-order valence-corrected chi connectivity index (χ4v) is 1.42. The Bertz CT molecular complexity index is 360. The molecular formula is C9H8BrClFNO. The van der Waals surface area contributed by atoms with Gasteiger partial charge in [0.1, 0.15) is 11.2 Å². The summed E-state index contributed by atoms with van der Waals surface area (Å²) in [4.78, 5) is 10.8. The molecule has 0 saturated heterocycles. The van der Waals surface area contributed by atoms with E-state index in [2.05, 4.69) is 15.9 Å². The third-order valence-electron chi connectivity index (χ3n) is 1.77. The van der Waals surface area contributed by atoms with Crippen LogP contribution in [-0.2, 0) is 4.79 Å². The van der Waals surface area contributed by atoms with Crippen molar-refractivity contribution < 1.29 is 9.18 Å². The number of alkyl halides is 1. The molecule has 2 N–H and O–H groups in total. The van der Waals surface area contributed by atoms with Gasteiger partial charge in [0.2, 0.25) is 5.91 Å². The lowest BCUT2D eigenvalue weighted by atomic mass is 10.1. The molecule has 1 aromatic rings. The summed E-state index contributed by atoms with van der Waals surface area (Å²) in [6.07, 6.45) is 0. The lowest BCUT2D eigenvalue weighted by Gasteiger charge is -2.08. The number of benzene rings is 1. The number of hydrogen-bond acceptors (Lipinski definition) is 1. The summed E-state index contributed by atoms with van der Waals surface area (Å²) in [6.45, 7) is 1.71. The number of aryl methyl sites for hydroxylation is 1. The van der Waals surface area contributed by atoms with Crippen molar-refractivity contribution in [2.45, 2.75) is 12.3 Å². The number of nitrogens with two attached hydrogens (primary N) is 1. The molecule has 0 saturated carbocycles. The van der Waals surface area contributed by atoms with Gasteiger partial charge in [-0.05, 0) is 40.0 Å². The van der Waals surface area contributed by atoms with E-state index >= 15 is 0 Å². The molecule has 0 spiro atoms. The van der Waals surface area contributed by atoms with Gasteiger partial charge in [-0.1, -0.05) is 6.07 Å². The summed E-state index contributed by atoms with van der Waals surface area (Å²) in [7, 11) is 0. The molecule has 14 heavy (non-hydrogen) atoms. The van der Waals surface area contributed by atoms with Crippen LogP contribution < -0.4 is 5.73 Å². The van der Waals surface area contributed by atoms with E-state index in [1.165, 1.54) is 6.07 Å². The molecule has 0 bridgehead atoms. The number of hydrogen-bond donors (Lipinski definition) is 1. The Morgan fingerprint density at radius 1 is 1.64 bits per heavy atom. The second-order valence-corrected chi connectivity index (χ2v) is 4.13. The van der Waals surface area contributed by atoms with Gasteiger partial charge in [-0.3, -0.25) is 4.79 Å². The largest absolute Gasteiger partial charge is 0.368 e.